The number of hydrogen-bond acceptors (Lipinski definition) is 3. The molecule has 0 atom stereocenters. The molecule has 1 saturated carbocycles. The summed E-state index contributed by atoms with van der Waals surface area (Å²) in [5, 5.41) is 3.48. The number of ether oxygens (including phenoxy) is 1. The molecule has 0 bridgehead atoms. The average molecular weight is 292 g/mol. The smallest absolute Gasteiger partial charge is 0.127 e. The Balaban J connectivity index is 1.69. The molecule has 0 spiro atoms. The van der Waals surface area contributed by atoms with E-state index in [4.69, 9.17) is 4.74 Å². The zero-order valence-electron chi connectivity index (χ0n) is 13.0. The maximum atomic E-state index is 14.1. The maximum Gasteiger partial charge on any atom is 0.127 e. The second-order valence-corrected chi connectivity index (χ2v) is 6.87. The van der Waals surface area contributed by atoms with E-state index in [2.05, 4.69) is 24.1 Å². The fourth-order valence-corrected chi connectivity index (χ4v) is 2.80. The van der Waals surface area contributed by atoms with Crippen molar-refractivity contribution in [2.75, 3.05) is 19.8 Å². The molecule has 116 valence electrons. The van der Waals surface area contributed by atoms with Crippen LogP contribution in [-0.2, 0) is 17.8 Å². The largest absolute Gasteiger partial charge is 0.378 e. The van der Waals surface area contributed by atoms with Crippen LogP contribution in [0.25, 0.3) is 0 Å². The Morgan fingerprint density at radius 1 is 1.38 bits per heavy atom. The number of nitrogens with one attached hydrogen (secondary N) is 1. The molecule has 0 unspecified atom stereocenters. The van der Waals surface area contributed by atoms with Gasteiger partial charge in [-0.15, -0.1) is 0 Å². The van der Waals surface area contributed by atoms with E-state index in [1.54, 1.807) is 6.07 Å². The average Bonchev–Trinajstić information content (AvgIpc) is 3.26. The SMILES string of the molecule is CC1(C)COCCN1Cc1cc(CNC2CC2)ccc1F. The standard InChI is InChI=1S/C17H25FN2O/c1-17(2)12-21-8-7-20(17)11-14-9-13(3-6-16(14)18)10-19-15-4-5-15/h3,6,9,15,19H,4-5,7-8,10-12H2,1-2H3. The molecule has 2 aliphatic rings. The molecule has 1 aliphatic carbocycles. The Labute approximate surface area is 126 Å². The van der Waals surface area contributed by atoms with Gasteiger partial charge in [0.1, 0.15) is 5.82 Å². The van der Waals surface area contributed by atoms with E-state index in [0.29, 0.717) is 19.2 Å². The zero-order valence-corrected chi connectivity index (χ0v) is 13.0. The quantitative estimate of drug-likeness (QED) is 0.903. The van der Waals surface area contributed by atoms with Gasteiger partial charge in [0.25, 0.3) is 0 Å². The number of halogens is 1. The lowest BCUT2D eigenvalue weighted by atomic mass is 10.0. The van der Waals surface area contributed by atoms with Gasteiger partial charge in [0, 0.05) is 36.8 Å². The van der Waals surface area contributed by atoms with E-state index in [0.717, 1.165) is 25.3 Å². The molecule has 1 N–H and O–H groups in total. The Hall–Kier alpha value is -0.970. The summed E-state index contributed by atoms with van der Waals surface area (Å²) < 4.78 is 19.6. The van der Waals surface area contributed by atoms with Crippen LogP contribution in [-0.4, -0.2) is 36.2 Å². The van der Waals surface area contributed by atoms with Crippen LogP contribution in [0.2, 0.25) is 0 Å². The zero-order chi connectivity index (χ0) is 14.9. The number of rotatable bonds is 5. The van der Waals surface area contributed by atoms with E-state index in [1.165, 1.54) is 18.4 Å². The van der Waals surface area contributed by atoms with Gasteiger partial charge in [-0.05, 0) is 38.3 Å². The Bertz CT molecular complexity index is 500. The van der Waals surface area contributed by atoms with Crippen molar-refractivity contribution in [1.82, 2.24) is 10.2 Å². The van der Waals surface area contributed by atoms with Crippen molar-refractivity contribution in [3.63, 3.8) is 0 Å². The predicted octanol–water partition coefficient (Wildman–Crippen LogP) is 2.69. The minimum Gasteiger partial charge on any atom is -0.378 e. The molecule has 1 aromatic rings. The summed E-state index contributed by atoms with van der Waals surface area (Å²) in [6.07, 6.45) is 2.55. The molecule has 2 fully saturated rings. The van der Waals surface area contributed by atoms with E-state index in [1.807, 2.05) is 12.1 Å². The van der Waals surface area contributed by atoms with Gasteiger partial charge in [-0.3, -0.25) is 4.90 Å². The number of morpholine rings is 1. The molecule has 1 saturated heterocycles. The number of hydrogen-bond donors (Lipinski definition) is 1. The van der Waals surface area contributed by atoms with Crippen LogP contribution >= 0.6 is 0 Å². The first-order chi connectivity index (χ1) is 10.0. The van der Waals surface area contributed by atoms with E-state index in [9.17, 15) is 4.39 Å². The van der Waals surface area contributed by atoms with Gasteiger partial charge in [-0.1, -0.05) is 12.1 Å². The highest BCUT2D eigenvalue weighted by molar-refractivity contribution is 5.25. The van der Waals surface area contributed by atoms with Crippen molar-refractivity contribution >= 4 is 0 Å². The number of nitrogens with zero attached hydrogens (tertiary/aromatic N) is 1. The molecular formula is C17H25FN2O. The molecule has 1 heterocycles. The molecule has 0 radical (unpaired) electrons. The first kappa shape index (κ1) is 14.9. The lowest BCUT2D eigenvalue weighted by Gasteiger charge is -2.42. The van der Waals surface area contributed by atoms with E-state index >= 15 is 0 Å². The van der Waals surface area contributed by atoms with Gasteiger partial charge in [0.2, 0.25) is 0 Å². The highest BCUT2D eigenvalue weighted by Crippen LogP contribution is 2.24. The van der Waals surface area contributed by atoms with Crippen molar-refractivity contribution in [3.05, 3.63) is 35.1 Å². The summed E-state index contributed by atoms with van der Waals surface area (Å²) in [6.45, 7) is 8.09. The van der Waals surface area contributed by atoms with Crippen LogP contribution in [0.4, 0.5) is 4.39 Å². The van der Waals surface area contributed by atoms with Crippen molar-refractivity contribution in [3.8, 4) is 0 Å². The topological polar surface area (TPSA) is 24.5 Å². The molecular weight excluding hydrogens is 267 g/mol. The number of benzene rings is 1. The molecule has 21 heavy (non-hydrogen) atoms. The highest BCUT2D eigenvalue weighted by atomic mass is 19.1. The van der Waals surface area contributed by atoms with Crippen LogP contribution in [0.15, 0.2) is 18.2 Å². The Kier molecular flexibility index (Phi) is 4.29. The summed E-state index contributed by atoms with van der Waals surface area (Å²) in [4.78, 5) is 2.31. The first-order valence-corrected chi connectivity index (χ1v) is 7.88. The summed E-state index contributed by atoms with van der Waals surface area (Å²) in [5.74, 6) is -0.104. The normalized spacial score (nSPS) is 22.4. The molecule has 4 heteroatoms. The second-order valence-electron chi connectivity index (χ2n) is 6.87. The van der Waals surface area contributed by atoms with Gasteiger partial charge >= 0.3 is 0 Å². The third-order valence-electron chi connectivity index (χ3n) is 4.46. The summed E-state index contributed by atoms with van der Waals surface area (Å²) in [7, 11) is 0. The third kappa shape index (κ3) is 3.82. The van der Waals surface area contributed by atoms with Crippen molar-refractivity contribution in [2.45, 2.75) is 51.4 Å². The minimum atomic E-state index is -0.104. The molecule has 0 aromatic heterocycles. The van der Waals surface area contributed by atoms with E-state index in [-0.39, 0.29) is 11.4 Å². The molecule has 0 amide bonds. The van der Waals surface area contributed by atoms with Gasteiger partial charge in [-0.25, -0.2) is 4.39 Å². The van der Waals surface area contributed by atoms with Gasteiger partial charge in [0.05, 0.1) is 13.2 Å². The van der Waals surface area contributed by atoms with Crippen molar-refractivity contribution in [2.24, 2.45) is 0 Å². The predicted molar refractivity (Wildman–Crippen MR) is 81.6 cm³/mol. The van der Waals surface area contributed by atoms with Crippen molar-refractivity contribution < 1.29 is 9.13 Å². The van der Waals surface area contributed by atoms with Crippen LogP contribution < -0.4 is 5.32 Å². The van der Waals surface area contributed by atoms with Crippen molar-refractivity contribution in [1.29, 1.82) is 0 Å². The monoisotopic (exact) mass is 292 g/mol. The van der Waals surface area contributed by atoms with Crippen LogP contribution in [0.3, 0.4) is 0 Å². The summed E-state index contributed by atoms with van der Waals surface area (Å²) >= 11 is 0. The second kappa shape index (κ2) is 6.03. The first-order valence-electron chi connectivity index (χ1n) is 7.88. The van der Waals surface area contributed by atoms with Gasteiger partial charge in [-0.2, -0.15) is 0 Å². The van der Waals surface area contributed by atoms with Crippen LogP contribution in [0.5, 0.6) is 0 Å². The summed E-state index contributed by atoms with van der Waals surface area (Å²) in [6, 6.07) is 6.18. The van der Waals surface area contributed by atoms with Crippen LogP contribution in [0.1, 0.15) is 37.8 Å². The Morgan fingerprint density at radius 2 is 2.19 bits per heavy atom. The fraction of sp³-hybridized carbons (Fsp3) is 0.647. The molecule has 3 nitrogen and oxygen atoms in total. The molecule has 1 aliphatic heterocycles. The lowest BCUT2D eigenvalue weighted by molar-refractivity contribution is -0.0556. The minimum absolute atomic E-state index is 0.0348. The van der Waals surface area contributed by atoms with Gasteiger partial charge in [0.15, 0.2) is 0 Å². The lowest BCUT2D eigenvalue weighted by Crippen LogP contribution is -2.52. The third-order valence-corrected chi connectivity index (χ3v) is 4.46. The fourth-order valence-electron chi connectivity index (χ4n) is 2.80. The van der Waals surface area contributed by atoms with Gasteiger partial charge < -0.3 is 10.1 Å². The van der Waals surface area contributed by atoms with Crippen LogP contribution in [0, 0.1) is 5.82 Å². The highest BCUT2D eigenvalue weighted by Gasteiger charge is 2.30. The Morgan fingerprint density at radius 3 is 2.90 bits per heavy atom. The summed E-state index contributed by atoms with van der Waals surface area (Å²) in [5.41, 5.74) is 1.93. The molecule has 3 rings (SSSR count). The molecule has 1 aromatic carbocycles. The maximum absolute atomic E-state index is 14.1. The van der Waals surface area contributed by atoms with E-state index < -0.39 is 0 Å².